The number of carbonyl (C=O) groups excluding carboxylic acids is 1. The quantitative estimate of drug-likeness (QED) is 0.802. The van der Waals surface area contributed by atoms with Gasteiger partial charge in [-0.25, -0.2) is 0 Å². The van der Waals surface area contributed by atoms with Crippen molar-refractivity contribution in [1.82, 2.24) is 0 Å². The molecule has 0 saturated carbocycles. The van der Waals surface area contributed by atoms with Crippen molar-refractivity contribution >= 4 is 18.4 Å². The van der Waals surface area contributed by atoms with Crippen LogP contribution in [-0.4, -0.2) is 19.6 Å². The van der Waals surface area contributed by atoms with Crippen LogP contribution in [0.4, 0.5) is 0 Å². The van der Waals surface area contributed by atoms with Crippen LogP contribution in [0.15, 0.2) is 24.3 Å². The highest BCUT2D eigenvalue weighted by Gasteiger charge is 2.01. The third-order valence-electron chi connectivity index (χ3n) is 2.27. The molecular formula is C12H18ClNO2. The van der Waals surface area contributed by atoms with E-state index < -0.39 is 0 Å². The minimum Gasteiger partial charge on any atom is -0.469 e. The number of nitrogens with two attached hydrogens (primary N) is 1. The normalized spacial score (nSPS) is 9.38. The Kier molecular flexibility index (Phi) is 7.60. The zero-order chi connectivity index (χ0) is 11.1. The molecule has 0 atom stereocenters. The highest BCUT2D eigenvalue weighted by molar-refractivity contribution is 5.85. The molecular weight excluding hydrogens is 226 g/mol. The van der Waals surface area contributed by atoms with Crippen LogP contribution in [0, 0.1) is 0 Å². The Labute approximate surface area is 102 Å². The second kappa shape index (κ2) is 8.13. The fourth-order valence-corrected chi connectivity index (χ4v) is 1.46. The topological polar surface area (TPSA) is 52.3 Å². The number of benzene rings is 1. The Hall–Kier alpha value is -1.06. The number of carbonyl (C=O) groups is 1. The van der Waals surface area contributed by atoms with Crippen molar-refractivity contribution in [2.75, 3.05) is 13.7 Å². The Morgan fingerprint density at radius 3 is 2.50 bits per heavy atom. The molecule has 4 heteroatoms. The maximum atomic E-state index is 11.0. The Morgan fingerprint density at radius 1 is 1.31 bits per heavy atom. The van der Waals surface area contributed by atoms with Crippen LogP contribution in [0.1, 0.15) is 17.5 Å². The molecule has 1 rings (SSSR count). The molecule has 2 N–H and O–H groups in total. The summed E-state index contributed by atoms with van der Waals surface area (Å²) < 4.78 is 4.59. The van der Waals surface area contributed by atoms with Crippen molar-refractivity contribution in [3.05, 3.63) is 35.4 Å². The number of ether oxygens (including phenoxy) is 1. The number of methoxy groups -OCH3 is 1. The molecule has 0 fully saturated rings. The Bertz CT molecular complexity index is 329. The molecule has 0 heterocycles. The minimum atomic E-state index is -0.167. The molecule has 0 aromatic heterocycles. The lowest BCUT2D eigenvalue weighted by Gasteiger charge is -2.03. The largest absolute Gasteiger partial charge is 0.469 e. The van der Waals surface area contributed by atoms with E-state index in [1.54, 1.807) is 0 Å². The lowest BCUT2D eigenvalue weighted by Crippen LogP contribution is -2.04. The maximum absolute atomic E-state index is 11.0. The second-order valence-corrected chi connectivity index (χ2v) is 3.43. The van der Waals surface area contributed by atoms with E-state index in [4.69, 9.17) is 5.73 Å². The molecule has 0 radical (unpaired) electrons. The molecule has 0 spiro atoms. The van der Waals surface area contributed by atoms with Gasteiger partial charge in [-0.2, -0.15) is 0 Å². The van der Waals surface area contributed by atoms with Gasteiger partial charge in [0.25, 0.3) is 0 Å². The smallest absolute Gasteiger partial charge is 0.305 e. The van der Waals surface area contributed by atoms with E-state index in [2.05, 4.69) is 16.9 Å². The average Bonchev–Trinajstić information content (AvgIpc) is 2.27. The molecule has 3 nitrogen and oxygen atoms in total. The molecule has 0 amide bonds. The van der Waals surface area contributed by atoms with Gasteiger partial charge in [-0.05, 0) is 30.5 Å². The van der Waals surface area contributed by atoms with Crippen LogP contribution in [0.25, 0.3) is 0 Å². The van der Waals surface area contributed by atoms with Gasteiger partial charge >= 0.3 is 5.97 Å². The number of hydrogen-bond donors (Lipinski definition) is 1. The molecule has 0 bridgehead atoms. The molecule has 0 aliphatic carbocycles. The highest BCUT2D eigenvalue weighted by Crippen LogP contribution is 2.08. The summed E-state index contributed by atoms with van der Waals surface area (Å²) in [7, 11) is 1.41. The van der Waals surface area contributed by atoms with Crippen molar-refractivity contribution in [3.8, 4) is 0 Å². The third kappa shape index (κ3) is 5.14. The number of rotatable bonds is 5. The van der Waals surface area contributed by atoms with Crippen LogP contribution in [-0.2, 0) is 22.4 Å². The molecule has 0 unspecified atom stereocenters. The molecule has 90 valence electrons. The third-order valence-corrected chi connectivity index (χ3v) is 2.27. The van der Waals surface area contributed by atoms with Gasteiger partial charge in [0.1, 0.15) is 0 Å². The van der Waals surface area contributed by atoms with Crippen molar-refractivity contribution in [2.24, 2.45) is 5.73 Å². The summed E-state index contributed by atoms with van der Waals surface area (Å²) in [5.41, 5.74) is 7.86. The molecule has 0 aliphatic heterocycles. The van der Waals surface area contributed by atoms with E-state index in [1.807, 2.05) is 12.1 Å². The number of hydrogen-bond acceptors (Lipinski definition) is 3. The number of halogens is 1. The molecule has 0 saturated heterocycles. The summed E-state index contributed by atoms with van der Waals surface area (Å²) >= 11 is 0. The Balaban J connectivity index is 0.00000225. The van der Waals surface area contributed by atoms with Gasteiger partial charge in [0.2, 0.25) is 0 Å². The van der Waals surface area contributed by atoms with Crippen LogP contribution in [0.3, 0.4) is 0 Å². The van der Waals surface area contributed by atoms with E-state index in [9.17, 15) is 4.79 Å². The fraction of sp³-hybridized carbons (Fsp3) is 0.417. The van der Waals surface area contributed by atoms with Crippen molar-refractivity contribution in [1.29, 1.82) is 0 Å². The van der Waals surface area contributed by atoms with Gasteiger partial charge in [0.15, 0.2) is 0 Å². The van der Waals surface area contributed by atoms with Gasteiger partial charge in [-0.15, -0.1) is 12.4 Å². The number of esters is 1. The monoisotopic (exact) mass is 243 g/mol. The SMILES string of the molecule is COC(=O)CCc1cccc(CCN)c1.Cl. The molecule has 0 aliphatic rings. The van der Waals surface area contributed by atoms with Gasteiger partial charge < -0.3 is 10.5 Å². The lowest BCUT2D eigenvalue weighted by molar-refractivity contribution is -0.140. The maximum Gasteiger partial charge on any atom is 0.305 e. The van der Waals surface area contributed by atoms with Gasteiger partial charge in [0, 0.05) is 6.42 Å². The van der Waals surface area contributed by atoms with E-state index in [0.29, 0.717) is 13.0 Å². The van der Waals surface area contributed by atoms with Gasteiger partial charge in [-0.3, -0.25) is 4.79 Å². The summed E-state index contributed by atoms with van der Waals surface area (Å²) in [5, 5.41) is 0. The van der Waals surface area contributed by atoms with Crippen LogP contribution < -0.4 is 5.73 Å². The van der Waals surface area contributed by atoms with E-state index >= 15 is 0 Å². The minimum absolute atomic E-state index is 0. The fourth-order valence-electron chi connectivity index (χ4n) is 1.46. The van der Waals surface area contributed by atoms with Gasteiger partial charge in [0.05, 0.1) is 7.11 Å². The molecule has 1 aromatic carbocycles. The summed E-state index contributed by atoms with van der Waals surface area (Å²) in [6.45, 7) is 0.653. The second-order valence-electron chi connectivity index (χ2n) is 3.43. The van der Waals surface area contributed by atoms with Gasteiger partial charge in [-0.1, -0.05) is 24.3 Å². The standard InChI is InChI=1S/C12H17NO2.ClH/c1-15-12(14)6-5-10-3-2-4-11(9-10)7-8-13;/h2-4,9H,5-8,13H2,1H3;1H. The van der Waals surface area contributed by atoms with Crippen LogP contribution in [0.2, 0.25) is 0 Å². The zero-order valence-corrected chi connectivity index (χ0v) is 10.3. The first-order chi connectivity index (χ1) is 7.26. The first-order valence-electron chi connectivity index (χ1n) is 5.11. The van der Waals surface area contributed by atoms with E-state index in [-0.39, 0.29) is 18.4 Å². The predicted molar refractivity (Wildman–Crippen MR) is 66.8 cm³/mol. The Morgan fingerprint density at radius 2 is 1.94 bits per heavy atom. The summed E-state index contributed by atoms with van der Waals surface area (Å²) in [6.07, 6.45) is 2.04. The van der Waals surface area contributed by atoms with Crippen molar-refractivity contribution in [3.63, 3.8) is 0 Å². The first kappa shape index (κ1) is 14.9. The average molecular weight is 244 g/mol. The summed E-state index contributed by atoms with van der Waals surface area (Å²) in [5.74, 6) is -0.167. The predicted octanol–water partition coefficient (Wildman–Crippen LogP) is 1.72. The van der Waals surface area contributed by atoms with Crippen molar-refractivity contribution in [2.45, 2.75) is 19.3 Å². The van der Waals surface area contributed by atoms with Crippen LogP contribution in [0.5, 0.6) is 0 Å². The van der Waals surface area contributed by atoms with Crippen molar-refractivity contribution < 1.29 is 9.53 Å². The summed E-state index contributed by atoms with van der Waals surface area (Å²) in [6, 6.07) is 8.16. The molecule has 1 aromatic rings. The van der Waals surface area contributed by atoms with E-state index in [0.717, 1.165) is 18.4 Å². The zero-order valence-electron chi connectivity index (χ0n) is 9.44. The molecule has 16 heavy (non-hydrogen) atoms. The summed E-state index contributed by atoms with van der Waals surface area (Å²) in [4.78, 5) is 11.0. The highest BCUT2D eigenvalue weighted by atomic mass is 35.5. The van der Waals surface area contributed by atoms with E-state index in [1.165, 1.54) is 12.7 Å². The lowest BCUT2D eigenvalue weighted by atomic mass is 10.0. The van der Waals surface area contributed by atoms with Crippen LogP contribution >= 0.6 is 12.4 Å². The first-order valence-corrected chi connectivity index (χ1v) is 5.11. The number of aryl methyl sites for hydroxylation is 1.